The zero-order valence-corrected chi connectivity index (χ0v) is 34.6. The van der Waals surface area contributed by atoms with Gasteiger partial charge in [0.2, 0.25) is 0 Å². The van der Waals surface area contributed by atoms with E-state index in [4.69, 9.17) is 15.5 Å². The summed E-state index contributed by atoms with van der Waals surface area (Å²) in [6.45, 7) is 9.01. The molecule has 4 bridgehead atoms. The summed E-state index contributed by atoms with van der Waals surface area (Å²) in [6.07, 6.45) is 6.90. The van der Waals surface area contributed by atoms with Gasteiger partial charge in [0.1, 0.15) is 6.10 Å². The normalized spacial score (nSPS) is 47.5. The van der Waals surface area contributed by atoms with E-state index in [-0.39, 0.29) is 55.3 Å². The lowest BCUT2D eigenvalue weighted by Crippen LogP contribution is -2.74. The number of unbranched alkanes of at least 4 members (excludes halogenated alkanes) is 3. The first-order valence-corrected chi connectivity index (χ1v) is 22.4. The fourth-order valence-corrected chi connectivity index (χ4v) is 14.0. The maximum Gasteiger partial charge on any atom is 0.184 e. The number of ketones is 1. The number of hydrogen-bond donors (Lipinski definition) is 8. The SMILES string of the molecule is CCCCCCC1COC(C(O)C(C)(O)C2CCC3(O)C4C(=NCC(C)O)C(=O)C56CC#CCC23CCC4C5(CCC2CCC(N)NC2)CC(O)C(O)C6)C1C. The van der Waals surface area contributed by atoms with Crippen molar-refractivity contribution >= 4 is 11.5 Å². The molecule has 8 aliphatic rings. The standard InChI is InChI=1S/C45H73N3O8/c1-5-6-7-8-11-30-26-56-38(28(30)3)40(53)41(4,54)34-16-21-45(55)36-31-15-20-42(34,45)17-9-10-18-44(39(52)37(36)48-24-27(2)49)23-33(51)32(50)22-43(31,44)19-14-29-12-13-35(46)47-25-29/h27-36,38,40,47,49-51,53-55H,5-8,11-26,46H2,1-4H3. The first-order valence-electron chi connectivity index (χ1n) is 22.4. The van der Waals surface area contributed by atoms with E-state index in [1.165, 1.54) is 19.3 Å². The summed E-state index contributed by atoms with van der Waals surface area (Å²) >= 11 is 0. The molecule has 0 amide bonds. The number of Topliss-reactive ketones (excluding diaryl/α,β-unsaturated/α-hetero) is 1. The van der Waals surface area contributed by atoms with Gasteiger partial charge >= 0.3 is 0 Å². The summed E-state index contributed by atoms with van der Waals surface area (Å²) in [7, 11) is 0. The average molecular weight is 784 g/mol. The Hall–Kier alpha value is -1.46. The number of rotatable bonds is 13. The number of ether oxygens (including phenoxy) is 1. The monoisotopic (exact) mass is 784 g/mol. The van der Waals surface area contributed by atoms with Crippen molar-refractivity contribution in [2.75, 3.05) is 19.7 Å². The molecule has 11 nitrogen and oxygen atoms in total. The molecule has 0 aromatic carbocycles. The summed E-state index contributed by atoms with van der Waals surface area (Å²) in [5.41, 5.74) is 0.473. The number of nitrogens with zero attached hydrogens (tertiary/aromatic N) is 1. The lowest BCUT2D eigenvalue weighted by molar-refractivity contribution is -0.240. The van der Waals surface area contributed by atoms with Crippen molar-refractivity contribution in [1.29, 1.82) is 0 Å². The number of carbonyl (C=O) groups excluding carboxylic acids is 1. The number of hydrogen-bond acceptors (Lipinski definition) is 11. The lowest BCUT2D eigenvalue weighted by atomic mass is 9.35. The molecule has 2 spiro atoms. The van der Waals surface area contributed by atoms with Crippen molar-refractivity contribution in [2.45, 2.75) is 185 Å². The maximum atomic E-state index is 15.6. The summed E-state index contributed by atoms with van der Waals surface area (Å²) < 4.78 is 6.33. The highest BCUT2D eigenvalue weighted by atomic mass is 16.5. The molecule has 11 heteroatoms. The second-order valence-electron chi connectivity index (χ2n) is 20.1. The fraction of sp³-hybridized carbons (Fsp3) is 0.911. The Morgan fingerprint density at radius 2 is 1.79 bits per heavy atom. The molecule has 316 valence electrons. The molecule has 9 N–H and O–H groups in total. The Bertz CT molecular complexity index is 1520. The van der Waals surface area contributed by atoms with E-state index in [9.17, 15) is 30.6 Å². The molecular formula is C45H73N3O8. The van der Waals surface area contributed by atoms with Crippen molar-refractivity contribution in [3.8, 4) is 11.8 Å². The molecule has 4 saturated carbocycles. The minimum Gasteiger partial charge on any atom is -0.391 e. The predicted octanol–water partition coefficient (Wildman–Crippen LogP) is 3.63. The molecule has 2 aliphatic heterocycles. The molecule has 56 heavy (non-hydrogen) atoms. The molecule has 0 aromatic heterocycles. The molecule has 2 saturated heterocycles. The van der Waals surface area contributed by atoms with Crippen LogP contribution in [0.3, 0.4) is 0 Å². The van der Waals surface area contributed by atoms with Crippen LogP contribution < -0.4 is 11.1 Å². The Balaban J connectivity index is 1.29. The average Bonchev–Trinajstić information content (AvgIpc) is 3.69. The number of nitrogens with one attached hydrogen (secondary N) is 1. The van der Waals surface area contributed by atoms with Crippen molar-refractivity contribution in [3.05, 3.63) is 0 Å². The number of nitrogens with two attached hydrogens (primary N) is 1. The van der Waals surface area contributed by atoms with Gasteiger partial charge in [0, 0.05) is 24.2 Å². The van der Waals surface area contributed by atoms with Crippen molar-refractivity contribution < 1.29 is 40.2 Å². The highest BCUT2D eigenvalue weighted by molar-refractivity contribution is 6.44. The Kier molecular flexibility index (Phi) is 12.3. The van der Waals surface area contributed by atoms with E-state index in [1.54, 1.807) is 13.8 Å². The van der Waals surface area contributed by atoms with Crippen molar-refractivity contribution in [1.82, 2.24) is 5.32 Å². The highest BCUT2D eigenvalue weighted by Gasteiger charge is 2.78. The van der Waals surface area contributed by atoms with Gasteiger partial charge in [0.15, 0.2) is 5.78 Å². The smallest absolute Gasteiger partial charge is 0.184 e. The van der Waals surface area contributed by atoms with Crippen molar-refractivity contribution in [2.24, 2.45) is 62.5 Å². The van der Waals surface area contributed by atoms with E-state index in [1.807, 2.05) is 0 Å². The maximum absolute atomic E-state index is 15.6. The first kappa shape index (κ1) is 42.7. The van der Waals surface area contributed by atoms with Gasteiger partial charge in [-0.05, 0) is 126 Å². The molecular weight excluding hydrogens is 711 g/mol. The molecule has 0 radical (unpaired) electrons. The van der Waals surface area contributed by atoms with Crippen LogP contribution in [0.2, 0.25) is 0 Å². The third kappa shape index (κ3) is 6.77. The molecule has 17 atom stereocenters. The molecule has 17 unspecified atom stereocenters. The Labute approximate surface area is 335 Å². The van der Waals surface area contributed by atoms with Gasteiger partial charge in [-0.2, -0.15) is 0 Å². The summed E-state index contributed by atoms with van der Waals surface area (Å²) in [6, 6.07) is 0. The number of piperidine rings is 1. The summed E-state index contributed by atoms with van der Waals surface area (Å²) in [5, 5.41) is 75.6. The number of aliphatic hydroxyl groups is 6. The van der Waals surface area contributed by atoms with Gasteiger partial charge in [0.25, 0.3) is 0 Å². The van der Waals surface area contributed by atoms with E-state index in [2.05, 4.69) is 31.0 Å². The van der Waals surface area contributed by atoms with Crippen molar-refractivity contribution in [3.63, 3.8) is 0 Å². The number of carbonyl (C=O) groups is 1. The number of aliphatic imine (C=N–C) groups is 1. The van der Waals surface area contributed by atoms with Gasteiger partial charge in [-0.1, -0.05) is 39.5 Å². The predicted molar refractivity (Wildman–Crippen MR) is 214 cm³/mol. The summed E-state index contributed by atoms with van der Waals surface area (Å²) in [5.74, 6) is 5.82. The van der Waals surface area contributed by atoms with E-state index in [0.29, 0.717) is 57.0 Å². The minimum atomic E-state index is -1.63. The minimum absolute atomic E-state index is 0.00230. The van der Waals surface area contributed by atoms with Crippen LogP contribution in [0.25, 0.3) is 0 Å². The zero-order chi connectivity index (χ0) is 40.3. The third-order valence-electron chi connectivity index (χ3n) is 17.2. The van der Waals surface area contributed by atoms with Gasteiger partial charge in [-0.3, -0.25) is 9.79 Å². The Morgan fingerprint density at radius 3 is 2.50 bits per heavy atom. The molecule has 0 aromatic rings. The first-order chi connectivity index (χ1) is 26.6. The van der Waals surface area contributed by atoms with Crippen LogP contribution in [0, 0.1) is 63.6 Å². The van der Waals surface area contributed by atoms with Gasteiger partial charge in [-0.15, -0.1) is 11.8 Å². The third-order valence-corrected chi connectivity index (χ3v) is 17.2. The fourth-order valence-electron chi connectivity index (χ4n) is 14.0. The van der Waals surface area contributed by atoms with Crippen LogP contribution in [0.5, 0.6) is 0 Å². The zero-order valence-electron chi connectivity index (χ0n) is 34.6. The van der Waals surface area contributed by atoms with E-state index < -0.39 is 69.8 Å². The second-order valence-corrected chi connectivity index (χ2v) is 20.1. The van der Waals surface area contributed by atoms with E-state index >= 15 is 4.79 Å². The van der Waals surface area contributed by atoms with Gasteiger partial charge < -0.3 is 46.4 Å². The molecule has 8 rings (SSSR count). The van der Waals surface area contributed by atoms with Gasteiger partial charge in [-0.25, -0.2) is 0 Å². The van der Waals surface area contributed by atoms with Crippen LogP contribution in [0.4, 0.5) is 0 Å². The van der Waals surface area contributed by atoms with Crippen LogP contribution in [-0.2, 0) is 9.53 Å². The molecule has 2 heterocycles. The van der Waals surface area contributed by atoms with Crippen LogP contribution in [-0.4, -0.2) is 110 Å². The Morgan fingerprint density at radius 1 is 1.04 bits per heavy atom. The van der Waals surface area contributed by atoms with E-state index in [0.717, 1.165) is 38.6 Å². The quantitative estimate of drug-likeness (QED) is 0.101. The lowest BCUT2D eigenvalue weighted by Gasteiger charge is -2.69. The topological polar surface area (TPSA) is 198 Å². The number of fused-ring (bicyclic) bond motifs is 4. The summed E-state index contributed by atoms with van der Waals surface area (Å²) in [4.78, 5) is 20.5. The molecule has 6 fully saturated rings. The van der Waals surface area contributed by atoms with Gasteiger partial charge in [0.05, 0.1) is 66.1 Å². The second kappa shape index (κ2) is 16.2. The van der Waals surface area contributed by atoms with Crippen LogP contribution >= 0.6 is 0 Å². The number of aliphatic hydroxyl groups excluding tert-OH is 4. The van der Waals surface area contributed by atoms with Crippen LogP contribution in [0.15, 0.2) is 4.99 Å². The van der Waals surface area contributed by atoms with Crippen LogP contribution in [0.1, 0.15) is 137 Å². The largest absolute Gasteiger partial charge is 0.391 e. The molecule has 6 aliphatic carbocycles. The highest BCUT2D eigenvalue weighted by Crippen LogP contribution is 2.74.